The molecule has 0 aromatic heterocycles. The van der Waals surface area contributed by atoms with Gasteiger partial charge in [0.25, 0.3) is 0 Å². The quantitative estimate of drug-likeness (QED) is 0.312. The van der Waals surface area contributed by atoms with Gasteiger partial charge in [0.1, 0.15) is 23.0 Å². The summed E-state index contributed by atoms with van der Waals surface area (Å²) in [6.45, 7) is 1.72. The van der Waals surface area contributed by atoms with Crippen LogP contribution in [0.4, 0.5) is 9.59 Å². The molecular weight excluding hydrogens is 480 g/mol. The van der Waals surface area contributed by atoms with Crippen molar-refractivity contribution in [1.29, 1.82) is 0 Å². The molecule has 192 valence electrons. The molecular formula is C30H28N4O4. The summed E-state index contributed by atoms with van der Waals surface area (Å²) in [6, 6.07) is 29.9. The molecule has 0 aliphatic carbocycles. The van der Waals surface area contributed by atoms with Gasteiger partial charge < -0.3 is 30.7 Å². The number of urea groups is 2. The summed E-state index contributed by atoms with van der Waals surface area (Å²) < 4.78 is 11.8. The van der Waals surface area contributed by atoms with Gasteiger partial charge in [-0.3, -0.25) is 0 Å². The van der Waals surface area contributed by atoms with E-state index >= 15 is 0 Å². The van der Waals surface area contributed by atoms with Crippen molar-refractivity contribution in [2.24, 2.45) is 5.73 Å². The lowest BCUT2D eigenvalue weighted by molar-refractivity contribution is 0.192. The van der Waals surface area contributed by atoms with E-state index in [1.165, 1.54) is 0 Å². The maximum atomic E-state index is 13.2. The number of hydrogen-bond acceptors (Lipinski definition) is 4. The smallest absolute Gasteiger partial charge is 0.318 e. The van der Waals surface area contributed by atoms with E-state index in [0.717, 1.165) is 33.8 Å². The summed E-state index contributed by atoms with van der Waals surface area (Å²) in [7, 11) is 0. The zero-order valence-corrected chi connectivity index (χ0v) is 20.7. The van der Waals surface area contributed by atoms with Gasteiger partial charge in [-0.1, -0.05) is 48.5 Å². The molecule has 0 unspecified atom stereocenters. The number of rotatable bonds is 6. The summed E-state index contributed by atoms with van der Waals surface area (Å²) >= 11 is 0. The van der Waals surface area contributed by atoms with E-state index in [1.807, 2.05) is 97.1 Å². The normalized spacial score (nSPS) is 12.2. The molecule has 0 fully saturated rings. The molecule has 4 bridgehead atoms. The molecule has 38 heavy (non-hydrogen) atoms. The molecule has 4 N–H and O–H groups in total. The molecule has 0 saturated carbocycles. The summed E-state index contributed by atoms with van der Waals surface area (Å²) in [6.07, 6.45) is 0. The number of primary amides is 1. The Hall–Kier alpha value is -4.98. The number of nitrogens with zero attached hydrogens (tertiary/aromatic N) is 1. The third-order valence-corrected chi connectivity index (χ3v) is 6.11. The lowest BCUT2D eigenvalue weighted by Gasteiger charge is -2.24. The minimum atomic E-state index is -0.561. The maximum absolute atomic E-state index is 13.2. The van der Waals surface area contributed by atoms with Crippen LogP contribution in [-0.2, 0) is 26.2 Å². The molecule has 4 aliphatic heterocycles. The molecule has 8 rings (SSSR count). The molecule has 4 heterocycles. The van der Waals surface area contributed by atoms with E-state index in [0.29, 0.717) is 37.7 Å². The summed E-state index contributed by atoms with van der Waals surface area (Å²) in [5.41, 5.74) is 9.04. The van der Waals surface area contributed by atoms with Gasteiger partial charge in [0.2, 0.25) is 0 Å². The fourth-order valence-corrected chi connectivity index (χ4v) is 4.07. The van der Waals surface area contributed by atoms with Crippen LogP contribution in [0.25, 0.3) is 0 Å². The number of benzene rings is 4. The van der Waals surface area contributed by atoms with Gasteiger partial charge in [-0.05, 0) is 70.8 Å². The predicted molar refractivity (Wildman–Crippen MR) is 144 cm³/mol. The first-order chi connectivity index (χ1) is 18.5. The highest BCUT2D eigenvalue weighted by molar-refractivity contribution is 5.74. The van der Waals surface area contributed by atoms with E-state index in [9.17, 15) is 9.59 Å². The average molecular weight is 509 g/mol. The van der Waals surface area contributed by atoms with Crippen molar-refractivity contribution in [3.05, 3.63) is 119 Å². The van der Waals surface area contributed by atoms with E-state index < -0.39 is 6.03 Å². The molecule has 0 radical (unpaired) electrons. The van der Waals surface area contributed by atoms with Crippen molar-refractivity contribution in [3.8, 4) is 23.0 Å². The lowest BCUT2D eigenvalue weighted by atomic mass is 10.1. The standard InChI is InChI=1S/C30H28N4O4/c31-29(35)32-17-21-1-9-25(10-2-21)37-26-11-3-22(4-12-26)18-33-30(36)34-19-23-5-13-27(14-6-23)38-28-15-7-24(20-34)8-16-28/h1-16H,17-20H2,(H,33,36)(H3,31,32,35). The van der Waals surface area contributed by atoms with Crippen LogP contribution in [-0.4, -0.2) is 17.0 Å². The van der Waals surface area contributed by atoms with Gasteiger partial charge in [-0.2, -0.15) is 0 Å². The van der Waals surface area contributed by atoms with E-state index in [4.69, 9.17) is 15.2 Å². The molecule has 0 spiro atoms. The van der Waals surface area contributed by atoms with Gasteiger partial charge >= 0.3 is 12.1 Å². The van der Waals surface area contributed by atoms with E-state index in [1.54, 1.807) is 4.90 Å². The Morgan fingerprint density at radius 1 is 0.684 bits per heavy atom. The van der Waals surface area contributed by atoms with E-state index in [-0.39, 0.29) is 6.03 Å². The highest BCUT2D eigenvalue weighted by Crippen LogP contribution is 2.25. The Morgan fingerprint density at radius 3 is 1.58 bits per heavy atom. The van der Waals surface area contributed by atoms with Crippen molar-refractivity contribution in [3.63, 3.8) is 0 Å². The topological polar surface area (TPSA) is 106 Å². The first-order valence-electron chi connectivity index (χ1n) is 12.3. The fraction of sp³-hybridized carbons (Fsp3) is 0.133. The minimum Gasteiger partial charge on any atom is -0.457 e. The molecule has 8 nitrogen and oxygen atoms in total. The van der Waals surface area contributed by atoms with Crippen LogP contribution >= 0.6 is 0 Å². The maximum Gasteiger partial charge on any atom is 0.318 e. The number of hydrogen-bond donors (Lipinski definition) is 3. The van der Waals surface area contributed by atoms with Crippen molar-refractivity contribution >= 4 is 12.1 Å². The molecule has 8 heteroatoms. The number of carbonyl (C=O) groups is 2. The first-order valence-corrected chi connectivity index (χ1v) is 12.3. The lowest BCUT2D eigenvalue weighted by Crippen LogP contribution is -2.38. The molecule has 4 aromatic rings. The second-order valence-electron chi connectivity index (χ2n) is 9.01. The highest BCUT2D eigenvalue weighted by atomic mass is 16.5. The van der Waals surface area contributed by atoms with Crippen LogP contribution in [0.15, 0.2) is 97.1 Å². The largest absolute Gasteiger partial charge is 0.457 e. The van der Waals surface area contributed by atoms with Crippen LogP contribution in [0.1, 0.15) is 22.3 Å². The molecule has 0 saturated heterocycles. The van der Waals surface area contributed by atoms with Gasteiger partial charge in [-0.25, -0.2) is 9.59 Å². The monoisotopic (exact) mass is 508 g/mol. The number of carbonyl (C=O) groups excluding carboxylic acids is 2. The SMILES string of the molecule is NC(=O)NCc1ccc(Oc2ccc(CNC(=O)N3Cc4ccc(cc4)Oc4ccc(cc4)C3)cc2)cc1. The Morgan fingerprint density at radius 2 is 1.13 bits per heavy atom. The van der Waals surface area contributed by atoms with Gasteiger partial charge in [-0.15, -0.1) is 0 Å². The summed E-state index contributed by atoms with van der Waals surface area (Å²) in [5.74, 6) is 2.89. The third-order valence-electron chi connectivity index (χ3n) is 6.11. The molecule has 4 amide bonds. The Kier molecular flexibility index (Phi) is 7.40. The zero-order valence-electron chi connectivity index (χ0n) is 20.7. The average Bonchev–Trinajstić information content (AvgIpc) is 2.92. The van der Waals surface area contributed by atoms with Crippen LogP contribution in [0.3, 0.4) is 0 Å². The van der Waals surface area contributed by atoms with Gasteiger partial charge in [0.15, 0.2) is 0 Å². The van der Waals surface area contributed by atoms with Crippen LogP contribution in [0.2, 0.25) is 0 Å². The van der Waals surface area contributed by atoms with Crippen molar-refractivity contribution in [2.75, 3.05) is 0 Å². The Balaban J connectivity index is 1.18. The van der Waals surface area contributed by atoms with Crippen LogP contribution in [0, 0.1) is 0 Å². The van der Waals surface area contributed by atoms with Crippen molar-refractivity contribution in [1.82, 2.24) is 15.5 Å². The van der Waals surface area contributed by atoms with Gasteiger partial charge in [0.05, 0.1) is 0 Å². The second kappa shape index (κ2) is 11.4. The van der Waals surface area contributed by atoms with E-state index in [2.05, 4.69) is 10.6 Å². The number of ether oxygens (including phenoxy) is 2. The van der Waals surface area contributed by atoms with Crippen molar-refractivity contribution in [2.45, 2.75) is 26.2 Å². The zero-order chi connectivity index (χ0) is 26.3. The fourth-order valence-electron chi connectivity index (χ4n) is 4.07. The number of amides is 4. The molecule has 0 atom stereocenters. The predicted octanol–water partition coefficient (Wildman–Crippen LogP) is 5.66. The Bertz CT molecular complexity index is 1340. The van der Waals surface area contributed by atoms with Crippen LogP contribution < -0.4 is 25.8 Å². The highest BCUT2D eigenvalue weighted by Gasteiger charge is 2.16. The summed E-state index contributed by atoms with van der Waals surface area (Å²) in [4.78, 5) is 25.8. The van der Waals surface area contributed by atoms with Gasteiger partial charge in [0, 0.05) is 26.2 Å². The second-order valence-corrected chi connectivity index (χ2v) is 9.01. The minimum absolute atomic E-state index is 0.141. The first kappa shape index (κ1) is 24.7. The third kappa shape index (κ3) is 6.61. The Labute approximate surface area is 221 Å². The number of nitrogens with one attached hydrogen (secondary N) is 2. The summed E-state index contributed by atoms with van der Waals surface area (Å²) in [5, 5.41) is 5.59. The molecule has 4 aromatic carbocycles. The number of nitrogens with two attached hydrogens (primary N) is 1. The van der Waals surface area contributed by atoms with Crippen molar-refractivity contribution < 1.29 is 19.1 Å². The molecule has 4 aliphatic rings. The van der Waals surface area contributed by atoms with Crippen LogP contribution in [0.5, 0.6) is 23.0 Å².